The van der Waals surface area contributed by atoms with Crippen molar-refractivity contribution in [3.63, 3.8) is 0 Å². The molecule has 3 fully saturated rings. The van der Waals surface area contributed by atoms with Gasteiger partial charge in [0.1, 0.15) is 73.2 Å². The van der Waals surface area contributed by atoms with Crippen molar-refractivity contribution in [2.45, 2.75) is 452 Å². The summed E-state index contributed by atoms with van der Waals surface area (Å²) in [6.45, 7) is 1.78. The number of hydrogen-bond acceptors (Lipinski definition) is 18. The Labute approximate surface area is 624 Å². The molecular weight excluding hydrogens is 1310 g/mol. The van der Waals surface area contributed by atoms with Gasteiger partial charge in [0.25, 0.3) is 0 Å². The Morgan fingerprint density at radius 3 is 1.00 bits per heavy atom. The largest absolute Gasteiger partial charge is 0.394 e. The van der Waals surface area contributed by atoms with Gasteiger partial charge in [-0.05, 0) is 57.8 Å². The van der Waals surface area contributed by atoms with Crippen molar-refractivity contribution in [2.75, 3.05) is 26.4 Å². The van der Waals surface area contributed by atoms with Crippen LogP contribution in [0.5, 0.6) is 0 Å². The second-order valence-corrected chi connectivity index (χ2v) is 30.3. The van der Waals surface area contributed by atoms with E-state index in [4.69, 9.17) is 28.4 Å². The second kappa shape index (κ2) is 64.6. The summed E-state index contributed by atoms with van der Waals surface area (Å²) in [6, 6.07) is -0.975. The predicted octanol–water partition coefficient (Wildman–Crippen LogP) is 14.8. The molecule has 0 bridgehead atoms. The summed E-state index contributed by atoms with van der Waals surface area (Å²) in [5.41, 5.74) is 0. The van der Waals surface area contributed by atoms with Crippen molar-refractivity contribution in [3.8, 4) is 0 Å². The molecule has 103 heavy (non-hydrogen) atoms. The average molecular weight is 1470 g/mol. The van der Waals surface area contributed by atoms with Gasteiger partial charge in [-0.3, -0.25) is 4.79 Å². The highest BCUT2D eigenvalue weighted by molar-refractivity contribution is 5.76. The molecule has 17 unspecified atom stereocenters. The Morgan fingerprint density at radius 1 is 0.350 bits per heavy atom. The highest BCUT2D eigenvalue weighted by Gasteiger charge is 2.54. The number of ether oxygens (including phenoxy) is 6. The molecule has 1 amide bonds. The normalized spacial score (nSPS) is 26.2. The zero-order chi connectivity index (χ0) is 74.6. The van der Waals surface area contributed by atoms with Crippen molar-refractivity contribution in [3.05, 3.63) is 48.6 Å². The standard InChI is InChI=1S/C84H155NO18/c1-3-5-7-9-11-13-15-17-19-21-23-25-27-29-30-31-32-33-34-35-36-38-40-42-44-46-48-50-52-54-56-58-60-62-72(90)85-67(68(89)61-59-57-55-53-51-49-47-45-43-41-39-37-28-26-24-22-20-18-16-14-12-10-8-6-4-2)66-98-82-78(96)75(93)80(70(64-87)100-82)103-84-79(97)76(94)81(71(65-88)101-84)102-83-77(95)74(92)73(91)69(63-86)99-83/h15,17,21,23,27,29,59,61,67-71,73-84,86-89,91-97H,3-14,16,18-20,22,24-26,28,30-58,60,62-66H2,1-2H3,(H,85,90)/b17-15-,23-21-,29-27-,61-59+. The maximum Gasteiger partial charge on any atom is 0.220 e. The SMILES string of the molecule is CCCCCCC/C=C\C/C=C\C/C=C\CCCCCCCCCCCCCCCCCCCCC(=O)NC(COC1OC(CO)C(OC2OC(CO)C(OC3OC(CO)C(O)C(O)C3O)C(O)C2O)C(O)C1O)C(O)/C=C/CCCCCCCCCCCCCCCCCCCCCCCCC. The first-order chi connectivity index (χ1) is 50.3. The molecule has 3 saturated heterocycles. The van der Waals surface area contributed by atoms with E-state index in [0.29, 0.717) is 6.42 Å². The maximum atomic E-state index is 13.5. The van der Waals surface area contributed by atoms with Gasteiger partial charge in [0.15, 0.2) is 18.9 Å². The van der Waals surface area contributed by atoms with Crippen molar-refractivity contribution >= 4 is 5.91 Å². The molecule has 0 aromatic heterocycles. The van der Waals surface area contributed by atoms with Crippen LogP contribution in [-0.4, -0.2) is 193 Å². The molecule has 19 nitrogen and oxygen atoms in total. The highest BCUT2D eigenvalue weighted by Crippen LogP contribution is 2.33. The van der Waals surface area contributed by atoms with Crippen LogP contribution < -0.4 is 5.32 Å². The van der Waals surface area contributed by atoms with Gasteiger partial charge in [-0.1, -0.05) is 332 Å². The second-order valence-electron chi connectivity index (χ2n) is 30.3. The summed E-state index contributed by atoms with van der Waals surface area (Å²) in [4.78, 5) is 13.5. The van der Waals surface area contributed by atoms with Gasteiger partial charge in [-0.2, -0.15) is 0 Å². The van der Waals surface area contributed by atoms with Gasteiger partial charge in [0, 0.05) is 6.42 Å². The van der Waals surface area contributed by atoms with E-state index in [1.807, 2.05) is 6.08 Å². The molecule has 12 N–H and O–H groups in total. The molecule has 3 aliphatic rings. The topological polar surface area (TPSA) is 307 Å². The Morgan fingerprint density at radius 2 is 0.641 bits per heavy atom. The molecular formula is C84H155NO18. The van der Waals surface area contributed by atoms with E-state index >= 15 is 0 Å². The summed E-state index contributed by atoms with van der Waals surface area (Å²) >= 11 is 0. The van der Waals surface area contributed by atoms with Crippen LogP contribution in [0.2, 0.25) is 0 Å². The van der Waals surface area contributed by atoms with Crippen LogP contribution >= 0.6 is 0 Å². The van der Waals surface area contributed by atoms with E-state index in [1.54, 1.807) is 6.08 Å². The van der Waals surface area contributed by atoms with Crippen LogP contribution in [0.15, 0.2) is 48.6 Å². The number of carbonyl (C=O) groups excluding carboxylic acids is 1. The van der Waals surface area contributed by atoms with E-state index in [9.17, 15) is 61.0 Å². The van der Waals surface area contributed by atoms with Crippen molar-refractivity contribution in [1.82, 2.24) is 5.32 Å². The smallest absolute Gasteiger partial charge is 0.220 e. The fourth-order valence-corrected chi connectivity index (χ4v) is 14.3. The summed E-state index contributed by atoms with van der Waals surface area (Å²) in [5.74, 6) is -0.270. The van der Waals surface area contributed by atoms with Crippen LogP contribution in [0.3, 0.4) is 0 Å². The minimum absolute atomic E-state index is 0.245. The van der Waals surface area contributed by atoms with Gasteiger partial charge >= 0.3 is 0 Å². The molecule has 604 valence electrons. The molecule has 17 atom stereocenters. The monoisotopic (exact) mass is 1470 g/mol. The third kappa shape index (κ3) is 44.3. The average Bonchev–Trinajstić information content (AvgIpc) is 0.781. The lowest BCUT2D eigenvalue weighted by Crippen LogP contribution is -2.66. The number of hydrogen-bond donors (Lipinski definition) is 12. The van der Waals surface area contributed by atoms with Gasteiger partial charge in [0.2, 0.25) is 5.91 Å². The minimum Gasteiger partial charge on any atom is -0.394 e. The van der Waals surface area contributed by atoms with Crippen molar-refractivity contribution in [2.24, 2.45) is 0 Å². The summed E-state index contributed by atoms with van der Waals surface area (Å²) in [7, 11) is 0. The number of aliphatic hydroxyl groups is 11. The van der Waals surface area contributed by atoms with Gasteiger partial charge in [-0.25, -0.2) is 0 Å². The number of carbonyl (C=O) groups is 1. The number of allylic oxidation sites excluding steroid dienone is 7. The van der Waals surface area contributed by atoms with Crippen molar-refractivity contribution < 1.29 is 89.4 Å². The number of aliphatic hydroxyl groups excluding tert-OH is 11. The van der Waals surface area contributed by atoms with E-state index in [1.165, 1.54) is 263 Å². The Balaban J connectivity index is 1.35. The molecule has 0 aromatic carbocycles. The third-order valence-corrected chi connectivity index (χ3v) is 21.1. The lowest BCUT2D eigenvalue weighted by Gasteiger charge is -2.48. The summed E-state index contributed by atoms with van der Waals surface area (Å²) < 4.78 is 34.5. The zero-order valence-electron chi connectivity index (χ0n) is 64.8. The van der Waals surface area contributed by atoms with Gasteiger partial charge < -0.3 is 89.9 Å². The fourth-order valence-electron chi connectivity index (χ4n) is 14.3. The number of unbranched alkanes of at least 4 members (excludes halogenated alkanes) is 46. The van der Waals surface area contributed by atoms with E-state index in [-0.39, 0.29) is 18.9 Å². The summed E-state index contributed by atoms with van der Waals surface area (Å²) in [5, 5.41) is 121. The molecule has 0 spiro atoms. The first-order valence-electron chi connectivity index (χ1n) is 42.4. The van der Waals surface area contributed by atoms with Crippen LogP contribution in [-0.2, 0) is 33.2 Å². The van der Waals surface area contributed by atoms with Crippen LogP contribution in [0.1, 0.15) is 348 Å². The lowest BCUT2D eigenvalue weighted by atomic mass is 9.96. The van der Waals surface area contributed by atoms with E-state index in [0.717, 1.165) is 57.8 Å². The first-order valence-corrected chi connectivity index (χ1v) is 42.4. The van der Waals surface area contributed by atoms with E-state index < -0.39 is 124 Å². The predicted molar refractivity (Wildman–Crippen MR) is 411 cm³/mol. The molecule has 0 aromatic rings. The van der Waals surface area contributed by atoms with Gasteiger partial charge in [0.05, 0.1) is 38.6 Å². The number of amides is 1. The maximum absolute atomic E-state index is 13.5. The Bertz CT molecular complexity index is 2050. The molecule has 3 heterocycles. The molecule has 3 aliphatic heterocycles. The molecule has 0 radical (unpaired) electrons. The van der Waals surface area contributed by atoms with Crippen molar-refractivity contribution in [1.29, 1.82) is 0 Å². The highest BCUT2D eigenvalue weighted by atomic mass is 16.8. The quantitative estimate of drug-likeness (QED) is 0.0199. The number of rotatable bonds is 68. The lowest BCUT2D eigenvalue weighted by molar-refractivity contribution is -0.379. The molecule has 0 saturated carbocycles. The van der Waals surface area contributed by atoms with Crippen LogP contribution in [0, 0.1) is 0 Å². The number of nitrogens with one attached hydrogen (secondary N) is 1. The third-order valence-electron chi connectivity index (χ3n) is 21.1. The van der Waals surface area contributed by atoms with Crippen LogP contribution in [0.4, 0.5) is 0 Å². The Kier molecular flexibility index (Phi) is 59.5. The molecule has 19 heteroatoms. The fraction of sp³-hybridized carbons (Fsp3) is 0.893. The first kappa shape index (κ1) is 95.0. The Hall–Kier alpha value is -2.25. The summed E-state index contributed by atoms with van der Waals surface area (Å²) in [6.07, 6.45) is 55.3. The van der Waals surface area contributed by atoms with Gasteiger partial charge in [-0.15, -0.1) is 0 Å². The molecule has 3 rings (SSSR count). The van der Waals surface area contributed by atoms with Crippen LogP contribution in [0.25, 0.3) is 0 Å². The molecule has 0 aliphatic carbocycles. The minimum atomic E-state index is -1.98. The van der Waals surface area contributed by atoms with E-state index in [2.05, 4.69) is 55.6 Å². The zero-order valence-corrected chi connectivity index (χ0v) is 64.8.